The second-order valence-electron chi connectivity index (χ2n) is 8.27. The Kier molecular flexibility index (Phi) is 3.87. The van der Waals surface area contributed by atoms with E-state index in [1.165, 1.54) is 24.0 Å². The highest BCUT2D eigenvalue weighted by atomic mass is 79.9. The highest BCUT2D eigenvalue weighted by Crippen LogP contribution is 2.54. The van der Waals surface area contributed by atoms with Gasteiger partial charge in [-0.2, -0.15) is 0 Å². The van der Waals surface area contributed by atoms with E-state index in [2.05, 4.69) is 26.0 Å². The van der Waals surface area contributed by atoms with Crippen molar-refractivity contribution >= 4 is 21.6 Å². The maximum Gasteiger partial charge on any atom is 0.231 e. The number of phenolic OH excluding ortho intramolecular Hbond substituents is 1. The molecule has 29 heavy (non-hydrogen) atoms. The van der Waals surface area contributed by atoms with E-state index in [0.29, 0.717) is 18.2 Å². The summed E-state index contributed by atoms with van der Waals surface area (Å²) in [6, 6.07) is 9.96. The molecule has 2 aromatic carbocycles. The van der Waals surface area contributed by atoms with Crippen molar-refractivity contribution in [1.82, 2.24) is 4.90 Å². The minimum absolute atomic E-state index is 0.0772. The standard InChI is InChI=1S/C22H21BrN2O4/c1-11-20-15-5-4-14(26)7-16(15)21(12-2-3-12)25(22(20)29-24-11)9-13-6-18-19(8-17(13)23)28-10-27-18/h4-8,12,20-22,26H,2-3,9-10H2,1H3/t20-,21-,22-/m1/s1. The number of oxime groups is 1. The van der Waals surface area contributed by atoms with E-state index < -0.39 is 0 Å². The second kappa shape index (κ2) is 6.37. The molecular weight excluding hydrogens is 436 g/mol. The number of hydrogen-bond acceptors (Lipinski definition) is 6. The van der Waals surface area contributed by atoms with Gasteiger partial charge in [0.15, 0.2) is 17.7 Å². The van der Waals surface area contributed by atoms with Crippen LogP contribution in [0.2, 0.25) is 0 Å². The highest BCUT2D eigenvalue weighted by Gasteiger charge is 2.51. The predicted molar refractivity (Wildman–Crippen MR) is 110 cm³/mol. The number of hydrogen-bond donors (Lipinski definition) is 1. The normalized spacial score (nSPS) is 27.2. The van der Waals surface area contributed by atoms with Crippen LogP contribution in [0.25, 0.3) is 0 Å². The van der Waals surface area contributed by atoms with Crippen molar-refractivity contribution in [2.24, 2.45) is 11.1 Å². The molecule has 1 saturated carbocycles. The van der Waals surface area contributed by atoms with Gasteiger partial charge in [-0.3, -0.25) is 4.90 Å². The van der Waals surface area contributed by atoms with E-state index in [9.17, 15) is 5.11 Å². The van der Waals surface area contributed by atoms with Gasteiger partial charge in [0.25, 0.3) is 0 Å². The van der Waals surface area contributed by atoms with E-state index >= 15 is 0 Å². The van der Waals surface area contributed by atoms with Gasteiger partial charge >= 0.3 is 0 Å². The van der Waals surface area contributed by atoms with Crippen molar-refractivity contribution in [1.29, 1.82) is 0 Å². The Labute approximate surface area is 177 Å². The van der Waals surface area contributed by atoms with E-state index in [4.69, 9.17) is 14.3 Å². The van der Waals surface area contributed by atoms with Gasteiger partial charge in [0.05, 0.1) is 11.6 Å². The first-order valence-electron chi connectivity index (χ1n) is 9.97. The lowest BCUT2D eigenvalue weighted by atomic mass is 9.80. The molecule has 6 rings (SSSR count). The molecule has 1 aliphatic carbocycles. The molecule has 0 radical (unpaired) electrons. The fourth-order valence-corrected chi connectivity index (χ4v) is 5.38. The lowest BCUT2D eigenvalue weighted by Gasteiger charge is -2.43. The monoisotopic (exact) mass is 456 g/mol. The van der Waals surface area contributed by atoms with Crippen molar-refractivity contribution < 1.29 is 19.4 Å². The van der Waals surface area contributed by atoms with Gasteiger partial charge in [-0.15, -0.1) is 0 Å². The summed E-state index contributed by atoms with van der Waals surface area (Å²) in [7, 11) is 0. The van der Waals surface area contributed by atoms with Crippen LogP contribution in [0.3, 0.4) is 0 Å². The minimum atomic E-state index is -0.144. The van der Waals surface area contributed by atoms with Crippen LogP contribution in [-0.4, -0.2) is 28.7 Å². The Hall–Kier alpha value is -2.25. The molecule has 4 aliphatic rings. The largest absolute Gasteiger partial charge is 0.508 e. The van der Waals surface area contributed by atoms with Crippen molar-refractivity contribution in [2.75, 3.05) is 6.79 Å². The van der Waals surface area contributed by atoms with Crippen LogP contribution in [-0.2, 0) is 11.4 Å². The second-order valence-corrected chi connectivity index (χ2v) is 9.13. The zero-order valence-corrected chi connectivity index (χ0v) is 17.6. The van der Waals surface area contributed by atoms with E-state index in [0.717, 1.165) is 27.2 Å². The topological polar surface area (TPSA) is 63.5 Å². The van der Waals surface area contributed by atoms with Crippen LogP contribution in [0.15, 0.2) is 40.0 Å². The zero-order chi connectivity index (χ0) is 19.7. The fraction of sp³-hybridized carbons (Fsp3) is 0.409. The molecular formula is C22H21BrN2O4. The van der Waals surface area contributed by atoms with Gasteiger partial charge in [-0.1, -0.05) is 27.2 Å². The average molecular weight is 457 g/mol. The molecule has 0 unspecified atom stereocenters. The van der Waals surface area contributed by atoms with E-state index in [-0.39, 0.29) is 25.0 Å². The van der Waals surface area contributed by atoms with Gasteiger partial charge in [-0.25, -0.2) is 0 Å². The van der Waals surface area contributed by atoms with Crippen LogP contribution in [0.4, 0.5) is 0 Å². The molecule has 3 heterocycles. The summed E-state index contributed by atoms with van der Waals surface area (Å²) in [5.41, 5.74) is 4.52. The third-order valence-electron chi connectivity index (χ3n) is 6.41. The minimum Gasteiger partial charge on any atom is -0.508 e. The number of halogens is 1. The van der Waals surface area contributed by atoms with Gasteiger partial charge in [0.1, 0.15) is 5.75 Å². The predicted octanol–water partition coefficient (Wildman–Crippen LogP) is 4.67. The Morgan fingerprint density at radius 2 is 1.93 bits per heavy atom. The fourth-order valence-electron chi connectivity index (χ4n) is 4.93. The quantitative estimate of drug-likeness (QED) is 0.726. The molecule has 0 bridgehead atoms. The molecule has 3 aliphatic heterocycles. The molecule has 7 heteroatoms. The summed E-state index contributed by atoms with van der Waals surface area (Å²) in [4.78, 5) is 8.37. The first-order chi connectivity index (χ1) is 14.1. The van der Waals surface area contributed by atoms with Gasteiger partial charge in [0, 0.05) is 17.1 Å². The molecule has 0 amide bonds. The first kappa shape index (κ1) is 17.6. The molecule has 2 aromatic rings. The lowest BCUT2D eigenvalue weighted by Crippen LogP contribution is -2.47. The zero-order valence-electron chi connectivity index (χ0n) is 16.0. The van der Waals surface area contributed by atoms with Crippen LogP contribution < -0.4 is 9.47 Å². The number of aromatic hydroxyl groups is 1. The molecule has 150 valence electrons. The molecule has 6 nitrogen and oxygen atoms in total. The number of ether oxygens (including phenoxy) is 2. The van der Waals surface area contributed by atoms with Crippen molar-refractivity contribution in [3.05, 3.63) is 51.5 Å². The molecule has 0 saturated heterocycles. The van der Waals surface area contributed by atoms with Crippen molar-refractivity contribution in [3.63, 3.8) is 0 Å². The molecule has 1 N–H and O–H groups in total. The van der Waals surface area contributed by atoms with Crippen LogP contribution in [0.1, 0.15) is 48.4 Å². The smallest absolute Gasteiger partial charge is 0.231 e. The Balaban J connectivity index is 1.45. The summed E-state index contributed by atoms with van der Waals surface area (Å²) < 4.78 is 12.1. The number of nitrogens with zero attached hydrogens (tertiary/aromatic N) is 2. The third kappa shape index (κ3) is 2.74. The van der Waals surface area contributed by atoms with Crippen molar-refractivity contribution in [3.8, 4) is 17.2 Å². The Morgan fingerprint density at radius 1 is 1.14 bits per heavy atom. The molecule has 3 atom stereocenters. The van der Waals surface area contributed by atoms with Crippen LogP contribution >= 0.6 is 15.9 Å². The summed E-state index contributed by atoms with van der Waals surface area (Å²) in [6.45, 7) is 2.97. The maximum absolute atomic E-state index is 10.2. The summed E-state index contributed by atoms with van der Waals surface area (Å²) >= 11 is 3.71. The van der Waals surface area contributed by atoms with Gasteiger partial charge in [-0.05, 0) is 66.6 Å². The van der Waals surface area contributed by atoms with Crippen LogP contribution in [0.5, 0.6) is 17.2 Å². The van der Waals surface area contributed by atoms with E-state index in [1.807, 2.05) is 31.2 Å². The van der Waals surface area contributed by atoms with Crippen LogP contribution in [0, 0.1) is 5.92 Å². The summed E-state index contributed by atoms with van der Waals surface area (Å²) in [5.74, 6) is 2.49. The molecule has 1 fully saturated rings. The number of rotatable bonds is 3. The number of phenols is 1. The number of fused-ring (bicyclic) bond motifs is 4. The Morgan fingerprint density at radius 3 is 2.72 bits per heavy atom. The van der Waals surface area contributed by atoms with E-state index in [1.54, 1.807) is 6.07 Å². The summed E-state index contributed by atoms with van der Waals surface area (Å²) in [6.07, 6.45) is 2.24. The first-order valence-corrected chi connectivity index (χ1v) is 10.8. The lowest BCUT2D eigenvalue weighted by molar-refractivity contribution is -0.0860. The highest BCUT2D eigenvalue weighted by molar-refractivity contribution is 9.10. The average Bonchev–Trinajstić information content (AvgIpc) is 3.31. The maximum atomic E-state index is 10.2. The van der Waals surface area contributed by atoms with Gasteiger partial charge < -0.3 is 19.4 Å². The number of benzene rings is 2. The molecule has 0 aromatic heterocycles. The van der Waals surface area contributed by atoms with Crippen molar-refractivity contribution in [2.45, 2.75) is 44.5 Å². The molecule has 0 spiro atoms. The third-order valence-corrected chi connectivity index (χ3v) is 7.15. The summed E-state index contributed by atoms with van der Waals surface area (Å²) in [5, 5.41) is 14.6. The van der Waals surface area contributed by atoms with Gasteiger partial charge in [0.2, 0.25) is 6.79 Å². The Bertz CT molecular complexity index is 1040. The SMILES string of the molecule is CC1=NO[C@@H]2[C@H]1c1ccc(O)cc1[C@@H](C1CC1)N2Cc1cc2c(cc1Br)OCO2.